The van der Waals surface area contributed by atoms with Crippen LogP contribution in [0.25, 0.3) is 0 Å². The third-order valence-electron chi connectivity index (χ3n) is 3.34. The van der Waals surface area contributed by atoms with Crippen molar-refractivity contribution in [3.63, 3.8) is 0 Å². The average molecular weight is 185 g/mol. The minimum atomic E-state index is 0.306. The Morgan fingerprint density at radius 1 is 1.54 bits per heavy atom. The molecule has 1 saturated heterocycles. The van der Waals surface area contributed by atoms with Gasteiger partial charge in [-0.2, -0.15) is 0 Å². The molecular formula is C10H23N3. The molecule has 0 saturated carbocycles. The van der Waals surface area contributed by atoms with Crippen molar-refractivity contribution < 1.29 is 0 Å². The van der Waals surface area contributed by atoms with Crippen LogP contribution < -0.4 is 11.5 Å². The van der Waals surface area contributed by atoms with Crippen LogP contribution >= 0.6 is 0 Å². The minimum Gasteiger partial charge on any atom is -0.330 e. The van der Waals surface area contributed by atoms with E-state index in [-0.39, 0.29) is 0 Å². The molecule has 0 amide bonds. The van der Waals surface area contributed by atoms with Gasteiger partial charge in [-0.1, -0.05) is 13.3 Å². The molecule has 0 radical (unpaired) electrons. The predicted molar refractivity (Wildman–Crippen MR) is 56.4 cm³/mol. The zero-order chi connectivity index (χ0) is 9.84. The van der Waals surface area contributed by atoms with Gasteiger partial charge in [0.05, 0.1) is 0 Å². The number of nitrogens with two attached hydrogens (primary N) is 2. The Bertz CT molecular complexity index is 145. The van der Waals surface area contributed by atoms with E-state index in [4.69, 9.17) is 11.5 Å². The molecule has 0 bridgehead atoms. The maximum absolute atomic E-state index is 6.20. The first-order valence-corrected chi connectivity index (χ1v) is 5.33. The molecule has 3 heteroatoms. The molecular weight excluding hydrogens is 162 g/mol. The summed E-state index contributed by atoms with van der Waals surface area (Å²) in [7, 11) is 2.16. The minimum absolute atomic E-state index is 0.306. The lowest BCUT2D eigenvalue weighted by Crippen LogP contribution is -2.41. The molecule has 0 aromatic heterocycles. The van der Waals surface area contributed by atoms with Gasteiger partial charge in [0.25, 0.3) is 0 Å². The van der Waals surface area contributed by atoms with Gasteiger partial charge < -0.3 is 16.4 Å². The van der Waals surface area contributed by atoms with Crippen molar-refractivity contribution in [2.45, 2.75) is 25.8 Å². The van der Waals surface area contributed by atoms with Crippen LogP contribution in [-0.4, -0.2) is 37.6 Å². The van der Waals surface area contributed by atoms with Gasteiger partial charge in [0.2, 0.25) is 0 Å². The van der Waals surface area contributed by atoms with Crippen molar-refractivity contribution in [1.82, 2.24) is 4.90 Å². The summed E-state index contributed by atoms with van der Waals surface area (Å²) in [5.41, 5.74) is 11.9. The Morgan fingerprint density at radius 3 is 2.62 bits per heavy atom. The second-order valence-corrected chi connectivity index (χ2v) is 4.29. The number of hydrogen-bond acceptors (Lipinski definition) is 3. The summed E-state index contributed by atoms with van der Waals surface area (Å²) >= 11 is 0. The first kappa shape index (κ1) is 11.0. The Kier molecular flexibility index (Phi) is 4.16. The highest BCUT2D eigenvalue weighted by Gasteiger charge is 2.29. The van der Waals surface area contributed by atoms with Gasteiger partial charge in [0, 0.05) is 12.6 Å². The zero-order valence-corrected chi connectivity index (χ0v) is 8.87. The average Bonchev–Trinajstić information content (AvgIpc) is 2.54. The molecule has 1 aliphatic heterocycles. The second kappa shape index (κ2) is 4.94. The summed E-state index contributed by atoms with van der Waals surface area (Å²) in [5, 5.41) is 0. The predicted octanol–water partition coefficient (Wildman–Crippen LogP) is 0.250. The molecule has 3 unspecified atom stereocenters. The SMILES string of the molecule is CCC(CN)C(N)C1CCN(C)C1. The summed E-state index contributed by atoms with van der Waals surface area (Å²) in [4.78, 5) is 2.35. The maximum Gasteiger partial charge on any atom is 0.0120 e. The highest BCUT2D eigenvalue weighted by Crippen LogP contribution is 2.22. The Labute approximate surface area is 81.5 Å². The monoisotopic (exact) mass is 185 g/mol. The molecule has 3 nitrogen and oxygen atoms in total. The van der Waals surface area contributed by atoms with E-state index in [0.717, 1.165) is 19.5 Å². The third kappa shape index (κ3) is 2.66. The van der Waals surface area contributed by atoms with E-state index in [1.165, 1.54) is 13.0 Å². The molecule has 78 valence electrons. The summed E-state index contributed by atoms with van der Waals surface area (Å²) in [5.74, 6) is 1.18. The largest absolute Gasteiger partial charge is 0.330 e. The first-order valence-electron chi connectivity index (χ1n) is 5.33. The summed E-state index contributed by atoms with van der Waals surface area (Å²) in [6.45, 7) is 5.25. The molecule has 3 atom stereocenters. The lowest BCUT2D eigenvalue weighted by Gasteiger charge is -2.26. The number of rotatable bonds is 4. The van der Waals surface area contributed by atoms with Crippen LogP contribution in [0.2, 0.25) is 0 Å². The number of likely N-dealkylation sites (tertiary alicyclic amines) is 1. The van der Waals surface area contributed by atoms with E-state index >= 15 is 0 Å². The van der Waals surface area contributed by atoms with Crippen LogP contribution in [0.1, 0.15) is 19.8 Å². The normalized spacial score (nSPS) is 29.1. The second-order valence-electron chi connectivity index (χ2n) is 4.29. The van der Waals surface area contributed by atoms with Gasteiger partial charge in [-0.15, -0.1) is 0 Å². The van der Waals surface area contributed by atoms with Crippen molar-refractivity contribution in [1.29, 1.82) is 0 Å². The van der Waals surface area contributed by atoms with Gasteiger partial charge in [0.1, 0.15) is 0 Å². The summed E-state index contributed by atoms with van der Waals surface area (Å²) in [6.07, 6.45) is 2.35. The zero-order valence-electron chi connectivity index (χ0n) is 8.87. The molecule has 1 fully saturated rings. The Balaban J connectivity index is 2.41. The van der Waals surface area contributed by atoms with Crippen molar-refractivity contribution >= 4 is 0 Å². The fourth-order valence-electron chi connectivity index (χ4n) is 2.26. The summed E-state index contributed by atoms with van der Waals surface area (Å²) in [6, 6.07) is 0.306. The Hall–Kier alpha value is -0.120. The first-order chi connectivity index (χ1) is 6.19. The third-order valence-corrected chi connectivity index (χ3v) is 3.34. The summed E-state index contributed by atoms with van der Waals surface area (Å²) < 4.78 is 0. The quantitative estimate of drug-likeness (QED) is 0.660. The maximum atomic E-state index is 6.20. The molecule has 1 heterocycles. The van der Waals surface area contributed by atoms with Gasteiger partial charge in [-0.25, -0.2) is 0 Å². The number of nitrogens with zero attached hydrogens (tertiary/aromatic N) is 1. The van der Waals surface area contributed by atoms with E-state index in [9.17, 15) is 0 Å². The molecule has 4 N–H and O–H groups in total. The molecule has 0 aromatic carbocycles. The highest BCUT2D eigenvalue weighted by atomic mass is 15.1. The van der Waals surface area contributed by atoms with Crippen LogP contribution in [0, 0.1) is 11.8 Å². The molecule has 0 aromatic rings. The smallest absolute Gasteiger partial charge is 0.0120 e. The van der Waals surface area contributed by atoms with Crippen molar-refractivity contribution in [3.8, 4) is 0 Å². The fraction of sp³-hybridized carbons (Fsp3) is 1.00. The van der Waals surface area contributed by atoms with Crippen molar-refractivity contribution in [3.05, 3.63) is 0 Å². The van der Waals surface area contributed by atoms with Gasteiger partial charge in [0.15, 0.2) is 0 Å². The van der Waals surface area contributed by atoms with Crippen LogP contribution in [0.5, 0.6) is 0 Å². The lowest BCUT2D eigenvalue weighted by atomic mass is 9.87. The van der Waals surface area contributed by atoms with E-state index in [1.54, 1.807) is 0 Å². The van der Waals surface area contributed by atoms with Crippen LogP contribution in [-0.2, 0) is 0 Å². The Morgan fingerprint density at radius 2 is 2.23 bits per heavy atom. The van der Waals surface area contributed by atoms with Crippen LogP contribution in [0.15, 0.2) is 0 Å². The fourth-order valence-corrected chi connectivity index (χ4v) is 2.26. The van der Waals surface area contributed by atoms with E-state index in [1.807, 2.05) is 0 Å². The molecule has 0 aliphatic carbocycles. The molecule has 1 aliphatic rings. The van der Waals surface area contributed by atoms with Crippen LogP contribution in [0.3, 0.4) is 0 Å². The van der Waals surface area contributed by atoms with Crippen LogP contribution in [0.4, 0.5) is 0 Å². The van der Waals surface area contributed by atoms with E-state index in [0.29, 0.717) is 17.9 Å². The van der Waals surface area contributed by atoms with E-state index in [2.05, 4.69) is 18.9 Å². The molecule has 0 spiro atoms. The topological polar surface area (TPSA) is 55.3 Å². The standard InChI is InChI=1S/C10H23N3/c1-3-8(6-11)10(12)9-4-5-13(2)7-9/h8-10H,3-7,11-12H2,1-2H3. The lowest BCUT2D eigenvalue weighted by molar-refractivity contribution is 0.299. The van der Waals surface area contributed by atoms with Gasteiger partial charge in [-0.05, 0) is 38.4 Å². The molecule has 13 heavy (non-hydrogen) atoms. The van der Waals surface area contributed by atoms with Gasteiger partial charge in [-0.3, -0.25) is 0 Å². The highest BCUT2D eigenvalue weighted by molar-refractivity contribution is 4.86. The van der Waals surface area contributed by atoms with E-state index < -0.39 is 0 Å². The van der Waals surface area contributed by atoms with Gasteiger partial charge >= 0.3 is 0 Å². The number of hydrogen-bond donors (Lipinski definition) is 2. The van der Waals surface area contributed by atoms with Crippen molar-refractivity contribution in [2.24, 2.45) is 23.3 Å². The van der Waals surface area contributed by atoms with Crippen molar-refractivity contribution in [2.75, 3.05) is 26.7 Å². The molecule has 1 rings (SSSR count).